The lowest BCUT2D eigenvalue weighted by atomic mass is 9.95. The summed E-state index contributed by atoms with van der Waals surface area (Å²) in [7, 11) is 0. The summed E-state index contributed by atoms with van der Waals surface area (Å²) in [5.74, 6) is 0.0271. The second kappa shape index (κ2) is 8.05. The molecule has 5 heteroatoms. The zero-order valence-electron chi connectivity index (χ0n) is 11.7. The van der Waals surface area contributed by atoms with Crippen molar-refractivity contribution in [2.45, 2.75) is 37.0 Å². The molecule has 20 heavy (non-hydrogen) atoms. The molecule has 0 bridgehead atoms. The molecule has 0 radical (unpaired) electrons. The van der Waals surface area contributed by atoms with Crippen LogP contribution in [0.4, 0.5) is 5.69 Å². The lowest BCUT2D eigenvalue weighted by molar-refractivity contribution is -0.115. The first-order valence-corrected chi connectivity index (χ1v) is 9.07. The molecular weight excluding hydrogens is 336 g/mol. The number of nitrogens with one attached hydrogen (secondary N) is 2. The molecule has 1 aliphatic carbocycles. The Hall–Kier alpha value is -0.520. The zero-order chi connectivity index (χ0) is 14.4. The Kier molecular flexibility index (Phi) is 6.39. The van der Waals surface area contributed by atoms with Gasteiger partial charge in [0.2, 0.25) is 5.91 Å². The maximum absolute atomic E-state index is 11.9. The summed E-state index contributed by atoms with van der Waals surface area (Å²) in [6, 6.07) is 8.13. The summed E-state index contributed by atoms with van der Waals surface area (Å²) in [5, 5.41) is 7.08. The van der Waals surface area contributed by atoms with Gasteiger partial charge in [0.15, 0.2) is 0 Å². The molecule has 1 aromatic rings. The number of amides is 1. The quantitative estimate of drug-likeness (QED) is 0.845. The van der Waals surface area contributed by atoms with Gasteiger partial charge in [0.05, 0.1) is 6.54 Å². The highest BCUT2D eigenvalue weighted by Crippen LogP contribution is 2.26. The van der Waals surface area contributed by atoms with Crippen LogP contribution in [-0.4, -0.2) is 30.0 Å². The smallest absolute Gasteiger partial charge is 0.238 e. The highest BCUT2D eigenvalue weighted by molar-refractivity contribution is 9.10. The van der Waals surface area contributed by atoms with Crippen molar-refractivity contribution in [2.75, 3.05) is 18.1 Å². The monoisotopic (exact) mass is 356 g/mol. The predicted molar refractivity (Wildman–Crippen MR) is 90.3 cm³/mol. The molecule has 1 fully saturated rings. The Morgan fingerprint density at radius 2 is 1.90 bits per heavy atom. The van der Waals surface area contributed by atoms with Gasteiger partial charge in [0.1, 0.15) is 0 Å². The Balaban J connectivity index is 1.69. The number of carbonyl (C=O) groups is 1. The van der Waals surface area contributed by atoms with Crippen molar-refractivity contribution < 1.29 is 4.79 Å². The van der Waals surface area contributed by atoms with Gasteiger partial charge < -0.3 is 10.6 Å². The van der Waals surface area contributed by atoms with Gasteiger partial charge in [0.25, 0.3) is 0 Å². The first kappa shape index (κ1) is 15.9. The molecule has 0 unspecified atom stereocenters. The molecule has 0 aromatic heterocycles. The SMILES string of the molecule is CSC1CCC(NCC(=O)Nc2ccc(Br)cc2)CC1. The number of hydrogen-bond acceptors (Lipinski definition) is 3. The number of carbonyl (C=O) groups excluding carboxylic acids is 1. The van der Waals surface area contributed by atoms with Crippen LogP contribution < -0.4 is 10.6 Å². The van der Waals surface area contributed by atoms with Crippen LogP contribution in [0.1, 0.15) is 25.7 Å². The van der Waals surface area contributed by atoms with E-state index < -0.39 is 0 Å². The predicted octanol–water partition coefficient (Wildman–Crippen LogP) is 3.65. The van der Waals surface area contributed by atoms with Crippen LogP contribution in [0.25, 0.3) is 0 Å². The fourth-order valence-electron chi connectivity index (χ4n) is 2.48. The number of thioether (sulfide) groups is 1. The first-order chi connectivity index (χ1) is 9.67. The van der Waals surface area contributed by atoms with E-state index in [-0.39, 0.29) is 5.91 Å². The standard InChI is InChI=1S/C15H21BrN2OS/c1-20-14-8-6-12(7-9-14)17-10-15(19)18-13-4-2-11(16)3-5-13/h2-5,12,14,17H,6-10H2,1H3,(H,18,19). The molecule has 1 saturated carbocycles. The number of anilines is 1. The zero-order valence-corrected chi connectivity index (χ0v) is 14.1. The lowest BCUT2D eigenvalue weighted by Crippen LogP contribution is -2.38. The van der Waals surface area contributed by atoms with Gasteiger partial charge in [-0.25, -0.2) is 0 Å². The summed E-state index contributed by atoms with van der Waals surface area (Å²) in [6.45, 7) is 0.394. The second-order valence-corrected chi connectivity index (χ2v) is 7.20. The van der Waals surface area contributed by atoms with Crippen molar-refractivity contribution >= 4 is 39.3 Å². The van der Waals surface area contributed by atoms with Crippen LogP contribution in [0.3, 0.4) is 0 Å². The molecular formula is C15H21BrN2OS. The Labute approximate surface area is 133 Å². The molecule has 1 aliphatic rings. The van der Waals surface area contributed by atoms with Crippen LogP contribution in [0.5, 0.6) is 0 Å². The number of benzene rings is 1. The van der Waals surface area contributed by atoms with E-state index in [1.807, 2.05) is 36.0 Å². The van der Waals surface area contributed by atoms with E-state index >= 15 is 0 Å². The van der Waals surface area contributed by atoms with Crippen LogP contribution in [-0.2, 0) is 4.79 Å². The van der Waals surface area contributed by atoms with Crippen molar-refractivity contribution in [1.29, 1.82) is 0 Å². The maximum Gasteiger partial charge on any atom is 0.238 e. The van der Waals surface area contributed by atoms with E-state index in [4.69, 9.17) is 0 Å². The van der Waals surface area contributed by atoms with Crippen molar-refractivity contribution in [3.05, 3.63) is 28.7 Å². The van der Waals surface area contributed by atoms with Crippen molar-refractivity contribution in [1.82, 2.24) is 5.32 Å². The van der Waals surface area contributed by atoms with Crippen molar-refractivity contribution in [3.8, 4) is 0 Å². The Morgan fingerprint density at radius 3 is 2.50 bits per heavy atom. The lowest BCUT2D eigenvalue weighted by Gasteiger charge is -2.27. The summed E-state index contributed by atoms with van der Waals surface area (Å²) >= 11 is 5.34. The molecule has 110 valence electrons. The van der Waals surface area contributed by atoms with E-state index in [1.165, 1.54) is 25.7 Å². The fraction of sp³-hybridized carbons (Fsp3) is 0.533. The van der Waals surface area contributed by atoms with Crippen LogP contribution in [0.15, 0.2) is 28.7 Å². The molecule has 0 spiro atoms. The minimum absolute atomic E-state index is 0.0271. The molecule has 1 aromatic carbocycles. The van der Waals surface area contributed by atoms with Gasteiger partial charge in [-0.2, -0.15) is 11.8 Å². The molecule has 3 nitrogen and oxygen atoms in total. The molecule has 0 atom stereocenters. The highest BCUT2D eigenvalue weighted by atomic mass is 79.9. The molecule has 2 rings (SSSR count). The summed E-state index contributed by atoms with van der Waals surface area (Å²) in [5.41, 5.74) is 0.839. The topological polar surface area (TPSA) is 41.1 Å². The van der Waals surface area contributed by atoms with Crippen LogP contribution in [0, 0.1) is 0 Å². The third-order valence-corrected chi connectivity index (χ3v) is 5.35. The van der Waals surface area contributed by atoms with Crippen LogP contribution in [0.2, 0.25) is 0 Å². The van der Waals surface area contributed by atoms with E-state index in [1.54, 1.807) is 0 Å². The molecule has 0 aliphatic heterocycles. The Morgan fingerprint density at radius 1 is 1.25 bits per heavy atom. The molecule has 1 amide bonds. The number of halogens is 1. The average molecular weight is 357 g/mol. The van der Waals surface area contributed by atoms with E-state index in [2.05, 4.69) is 32.8 Å². The normalized spacial score (nSPS) is 22.5. The van der Waals surface area contributed by atoms with Crippen molar-refractivity contribution in [3.63, 3.8) is 0 Å². The first-order valence-electron chi connectivity index (χ1n) is 6.99. The summed E-state index contributed by atoms with van der Waals surface area (Å²) < 4.78 is 1.01. The Bertz CT molecular complexity index is 430. The van der Waals surface area contributed by atoms with Gasteiger partial charge in [-0.3, -0.25) is 4.79 Å². The summed E-state index contributed by atoms with van der Waals surface area (Å²) in [4.78, 5) is 11.9. The molecule has 0 heterocycles. The van der Waals surface area contributed by atoms with Crippen LogP contribution >= 0.6 is 27.7 Å². The molecule has 2 N–H and O–H groups in total. The van der Waals surface area contributed by atoms with E-state index in [9.17, 15) is 4.79 Å². The largest absolute Gasteiger partial charge is 0.325 e. The number of rotatable bonds is 5. The third-order valence-electron chi connectivity index (χ3n) is 3.69. The van der Waals surface area contributed by atoms with E-state index in [0.717, 1.165) is 15.4 Å². The maximum atomic E-state index is 11.9. The van der Waals surface area contributed by atoms with E-state index in [0.29, 0.717) is 12.6 Å². The summed E-state index contributed by atoms with van der Waals surface area (Å²) in [6.07, 6.45) is 7.05. The second-order valence-electron chi connectivity index (χ2n) is 5.15. The van der Waals surface area contributed by atoms with Gasteiger partial charge in [-0.1, -0.05) is 15.9 Å². The van der Waals surface area contributed by atoms with Gasteiger partial charge >= 0.3 is 0 Å². The van der Waals surface area contributed by atoms with Gasteiger partial charge in [-0.15, -0.1) is 0 Å². The minimum atomic E-state index is 0.0271. The molecule has 0 saturated heterocycles. The number of hydrogen-bond donors (Lipinski definition) is 2. The highest BCUT2D eigenvalue weighted by Gasteiger charge is 2.20. The minimum Gasteiger partial charge on any atom is -0.325 e. The van der Waals surface area contributed by atoms with Gasteiger partial charge in [-0.05, 0) is 56.2 Å². The third kappa shape index (κ3) is 5.11. The van der Waals surface area contributed by atoms with Crippen molar-refractivity contribution in [2.24, 2.45) is 0 Å². The fourth-order valence-corrected chi connectivity index (χ4v) is 3.49. The average Bonchev–Trinajstić information content (AvgIpc) is 2.48. The van der Waals surface area contributed by atoms with Gasteiger partial charge in [0, 0.05) is 21.5 Å².